The van der Waals surface area contributed by atoms with Gasteiger partial charge in [0.15, 0.2) is 16.3 Å². The number of aliphatic hydroxyl groups is 1. The number of imidazole rings is 1. The summed E-state index contributed by atoms with van der Waals surface area (Å²) in [6, 6.07) is 10.1. The lowest BCUT2D eigenvalue weighted by Gasteiger charge is -2.10. The fourth-order valence-electron chi connectivity index (χ4n) is 2.83. The van der Waals surface area contributed by atoms with E-state index in [1.54, 1.807) is 7.05 Å². The summed E-state index contributed by atoms with van der Waals surface area (Å²) in [7, 11) is 1.57. The monoisotopic (exact) mass is 408 g/mol. The molecule has 2 N–H and O–H groups in total. The van der Waals surface area contributed by atoms with E-state index >= 15 is 0 Å². The number of aliphatic hydroxyl groups excluding tert-OH is 1. The summed E-state index contributed by atoms with van der Waals surface area (Å²) in [6.07, 6.45) is 0.999. The van der Waals surface area contributed by atoms with Gasteiger partial charge in [0.2, 0.25) is 0 Å². The first-order valence-electron chi connectivity index (χ1n) is 8.61. The van der Waals surface area contributed by atoms with Gasteiger partial charge in [0, 0.05) is 25.2 Å². The van der Waals surface area contributed by atoms with Crippen LogP contribution in [-0.2, 0) is 20.0 Å². The number of hydrogen-bond acceptors (Lipinski definition) is 5. The molecule has 0 radical (unpaired) electrons. The second kappa shape index (κ2) is 8.77. The smallest absolute Gasteiger partial charge is 0.329 e. The summed E-state index contributed by atoms with van der Waals surface area (Å²) in [5, 5.41) is 10.3. The van der Waals surface area contributed by atoms with Gasteiger partial charge in [-0.15, -0.1) is 11.6 Å². The number of halogens is 1. The molecule has 0 saturated carbocycles. The van der Waals surface area contributed by atoms with Crippen molar-refractivity contribution in [2.75, 3.05) is 11.6 Å². The largest absolute Gasteiger partial charge is 0.391 e. The number of aryl methyl sites for hydroxylation is 3. The van der Waals surface area contributed by atoms with Gasteiger partial charge in [0.05, 0.1) is 6.10 Å². The van der Waals surface area contributed by atoms with Crippen LogP contribution in [0.1, 0.15) is 12.0 Å². The van der Waals surface area contributed by atoms with Gasteiger partial charge >= 0.3 is 5.69 Å². The van der Waals surface area contributed by atoms with Crippen LogP contribution in [0.15, 0.2) is 45.1 Å². The fraction of sp³-hybridized carbons (Fsp3) is 0.389. The van der Waals surface area contributed by atoms with Crippen molar-refractivity contribution >= 4 is 34.5 Å². The van der Waals surface area contributed by atoms with Crippen molar-refractivity contribution in [3.05, 3.63) is 56.7 Å². The number of benzene rings is 1. The highest BCUT2D eigenvalue weighted by Crippen LogP contribution is 2.23. The van der Waals surface area contributed by atoms with E-state index in [9.17, 15) is 14.7 Å². The van der Waals surface area contributed by atoms with E-state index in [1.165, 1.54) is 21.9 Å². The van der Waals surface area contributed by atoms with Crippen LogP contribution in [0.5, 0.6) is 0 Å². The Hall–Kier alpha value is -2.03. The molecule has 0 aliphatic rings. The molecule has 0 fully saturated rings. The Bertz CT molecular complexity index is 1030. The third kappa shape index (κ3) is 4.45. The average molecular weight is 409 g/mol. The quantitative estimate of drug-likeness (QED) is 0.437. The molecule has 9 heteroatoms. The first-order chi connectivity index (χ1) is 13.0. The summed E-state index contributed by atoms with van der Waals surface area (Å²) in [5.41, 5.74) is 0.971. The Morgan fingerprint density at radius 3 is 2.74 bits per heavy atom. The molecule has 144 valence electrons. The maximum atomic E-state index is 12.4. The normalized spacial score (nSPS) is 12.6. The number of nitrogens with zero attached hydrogens (tertiary/aromatic N) is 3. The minimum absolute atomic E-state index is 0.125. The summed E-state index contributed by atoms with van der Waals surface area (Å²) < 4.78 is 3.15. The zero-order chi connectivity index (χ0) is 19.4. The lowest BCUT2D eigenvalue weighted by molar-refractivity contribution is 0.223. The molecule has 3 aromatic rings. The molecule has 0 saturated heterocycles. The van der Waals surface area contributed by atoms with Crippen LogP contribution in [0.2, 0.25) is 0 Å². The van der Waals surface area contributed by atoms with Gasteiger partial charge in [0.25, 0.3) is 5.56 Å². The predicted molar refractivity (Wildman–Crippen MR) is 108 cm³/mol. The second-order valence-corrected chi connectivity index (χ2v) is 7.54. The molecule has 0 bridgehead atoms. The molecule has 7 nitrogen and oxygen atoms in total. The molecule has 2 aromatic heterocycles. The molecule has 2 heterocycles. The fourth-order valence-corrected chi connectivity index (χ4v) is 4.02. The molecule has 1 atom stereocenters. The Morgan fingerprint density at radius 1 is 1.30 bits per heavy atom. The van der Waals surface area contributed by atoms with Crippen LogP contribution in [0.3, 0.4) is 0 Å². The summed E-state index contributed by atoms with van der Waals surface area (Å²) in [5.74, 6) is 0.484. The first kappa shape index (κ1) is 19.7. The molecular formula is C18H21ClN4O3S. The number of H-pyrrole nitrogens is 1. The van der Waals surface area contributed by atoms with Crippen LogP contribution < -0.4 is 11.2 Å². The van der Waals surface area contributed by atoms with E-state index in [0.717, 1.165) is 12.8 Å². The highest BCUT2D eigenvalue weighted by molar-refractivity contribution is 7.99. The molecule has 1 aromatic carbocycles. The van der Waals surface area contributed by atoms with Crippen molar-refractivity contribution in [3.63, 3.8) is 0 Å². The Balaban J connectivity index is 1.93. The number of fused-ring (bicyclic) bond motifs is 1. The Labute approximate surface area is 165 Å². The molecule has 0 unspecified atom stereocenters. The number of rotatable bonds is 8. The highest BCUT2D eigenvalue weighted by atomic mass is 35.5. The average Bonchev–Trinajstić information content (AvgIpc) is 3.04. The number of nitrogens with one attached hydrogen (secondary N) is 1. The van der Waals surface area contributed by atoms with Gasteiger partial charge in [0.1, 0.15) is 0 Å². The summed E-state index contributed by atoms with van der Waals surface area (Å²) >= 11 is 6.99. The van der Waals surface area contributed by atoms with E-state index in [4.69, 9.17) is 11.6 Å². The maximum absolute atomic E-state index is 12.4. The second-order valence-electron chi connectivity index (χ2n) is 6.24. The maximum Gasteiger partial charge on any atom is 0.329 e. The van der Waals surface area contributed by atoms with Crippen LogP contribution >= 0.6 is 23.4 Å². The van der Waals surface area contributed by atoms with Crippen LogP contribution in [0.25, 0.3) is 11.2 Å². The van der Waals surface area contributed by atoms with E-state index in [0.29, 0.717) is 28.6 Å². The predicted octanol–water partition coefficient (Wildman–Crippen LogP) is 1.75. The minimum atomic E-state index is -0.670. The standard InChI is InChI=1S/C18H21ClN4O3S/c1-22-15-14(16(25)21-17(22)26)23(18(20-15)27-11-13(24)10-19)9-5-8-12-6-3-2-4-7-12/h2-4,6-7,13,24H,5,8-11H2,1H3,(H,21,25,26)/t13-/m0/s1. The summed E-state index contributed by atoms with van der Waals surface area (Å²) in [4.78, 5) is 31.1. The SMILES string of the molecule is Cn1c(=O)[nH]c(=O)c2c1nc(SC[C@@H](O)CCl)n2CCCc1ccccc1. The summed E-state index contributed by atoms with van der Waals surface area (Å²) in [6.45, 7) is 0.575. The van der Waals surface area contributed by atoms with Gasteiger partial charge < -0.3 is 9.67 Å². The van der Waals surface area contributed by atoms with Crippen molar-refractivity contribution in [2.45, 2.75) is 30.6 Å². The third-order valence-electron chi connectivity index (χ3n) is 4.24. The third-order valence-corrected chi connectivity index (χ3v) is 5.72. The lowest BCUT2D eigenvalue weighted by Crippen LogP contribution is -2.29. The van der Waals surface area contributed by atoms with Gasteiger partial charge in [-0.1, -0.05) is 42.1 Å². The number of hydrogen-bond donors (Lipinski definition) is 2. The van der Waals surface area contributed by atoms with Crippen molar-refractivity contribution in [2.24, 2.45) is 7.05 Å². The molecular weight excluding hydrogens is 388 g/mol. The first-order valence-corrected chi connectivity index (χ1v) is 10.1. The number of aromatic nitrogens is 4. The molecule has 0 spiro atoms. The zero-order valence-electron chi connectivity index (χ0n) is 14.9. The van der Waals surface area contributed by atoms with E-state index in [2.05, 4.69) is 22.1 Å². The van der Waals surface area contributed by atoms with Gasteiger partial charge in [-0.25, -0.2) is 9.78 Å². The van der Waals surface area contributed by atoms with E-state index in [-0.39, 0.29) is 5.88 Å². The molecule has 27 heavy (non-hydrogen) atoms. The van der Waals surface area contributed by atoms with Crippen LogP contribution in [0.4, 0.5) is 0 Å². The van der Waals surface area contributed by atoms with Crippen molar-refractivity contribution < 1.29 is 5.11 Å². The zero-order valence-corrected chi connectivity index (χ0v) is 16.5. The highest BCUT2D eigenvalue weighted by Gasteiger charge is 2.18. The van der Waals surface area contributed by atoms with E-state index in [1.807, 2.05) is 22.8 Å². The van der Waals surface area contributed by atoms with Gasteiger partial charge in [-0.2, -0.15) is 0 Å². The Morgan fingerprint density at radius 2 is 2.04 bits per heavy atom. The van der Waals surface area contributed by atoms with Crippen molar-refractivity contribution in [1.29, 1.82) is 0 Å². The Kier molecular flexibility index (Phi) is 6.41. The lowest BCUT2D eigenvalue weighted by atomic mass is 10.1. The minimum Gasteiger partial charge on any atom is -0.391 e. The molecule has 0 aliphatic carbocycles. The number of aromatic amines is 1. The number of thioether (sulfide) groups is 1. The van der Waals surface area contributed by atoms with Crippen LogP contribution in [0, 0.1) is 0 Å². The van der Waals surface area contributed by atoms with Crippen molar-refractivity contribution in [3.8, 4) is 0 Å². The van der Waals surface area contributed by atoms with Gasteiger partial charge in [-0.05, 0) is 18.4 Å². The molecule has 0 aliphatic heterocycles. The molecule has 0 amide bonds. The van der Waals surface area contributed by atoms with Crippen LogP contribution in [-0.4, -0.2) is 41.9 Å². The molecule has 3 rings (SSSR count). The number of alkyl halides is 1. The van der Waals surface area contributed by atoms with Gasteiger partial charge in [-0.3, -0.25) is 14.3 Å². The van der Waals surface area contributed by atoms with E-state index < -0.39 is 17.4 Å². The topological polar surface area (TPSA) is 92.9 Å². The van der Waals surface area contributed by atoms with Crippen molar-refractivity contribution in [1.82, 2.24) is 19.1 Å².